The van der Waals surface area contributed by atoms with Gasteiger partial charge in [-0.15, -0.1) is 0 Å². The lowest BCUT2D eigenvalue weighted by molar-refractivity contribution is 0.0460. The van der Waals surface area contributed by atoms with Crippen LogP contribution in [0.2, 0.25) is 5.02 Å². The van der Waals surface area contributed by atoms with Crippen LogP contribution in [0.5, 0.6) is 0 Å². The Kier molecular flexibility index (Phi) is 6.77. The third-order valence-electron chi connectivity index (χ3n) is 5.96. The van der Waals surface area contributed by atoms with E-state index in [-0.39, 0.29) is 11.6 Å². The number of carbonyl (C=O) groups is 1. The van der Waals surface area contributed by atoms with Crippen molar-refractivity contribution in [3.63, 3.8) is 0 Å². The van der Waals surface area contributed by atoms with Crippen LogP contribution in [0, 0.1) is 23.6 Å². The fourth-order valence-electron chi connectivity index (χ4n) is 4.51. The lowest BCUT2D eigenvalue weighted by Gasteiger charge is -2.35. The zero-order valence-electron chi connectivity index (χ0n) is 16.1. The summed E-state index contributed by atoms with van der Waals surface area (Å²) in [7, 11) is 0. The highest BCUT2D eigenvalue weighted by molar-refractivity contribution is 6.31. The number of hydrogen-bond donors (Lipinski definition) is 2. The molecule has 1 aromatic carbocycles. The summed E-state index contributed by atoms with van der Waals surface area (Å²) in [5.41, 5.74) is -0.0708. The molecule has 0 radical (unpaired) electrons. The van der Waals surface area contributed by atoms with Crippen LogP contribution in [0.3, 0.4) is 0 Å². The van der Waals surface area contributed by atoms with E-state index in [9.17, 15) is 14.3 Å². The zero-order chi connectivity index (χ0) is 19.6. The van der Waals surface area contributed by atoms with E-state index in [0.29, 0.717) is 23.3 Å². The number of nitrogens with zero attached hydrogens (tertiary/aromatic N) is 1. The van der Waals surface area contributed by atoms with Crippen LogP contribution in [0.15, 0.2) is 18.2 Å². The molecule has 1 aromatic rings. The lowest BCUT2D eigenvalue weighted by Crippen LogP contribution is -2.49. The molecule has 1 aliphatic heterocycles. The fraction of sp³-hybridized carbons (Fsp3) is 0.667. The van der Waals surface area contributed by atoms with E-state index in [1.807, 2.05) is 0 Å². The summed E-state index contributed by atoms with van der Waals surface area (Å²) >= 11 is 5.88. The predicted molar refractivity (Wildman–Crippen MR) is 105 cm³/mol. The molecular weight excluding hydrogens is 367 g/mol. The maximum atomic E-state index is 13.9. The molecule has 1 aliphatic carbocycles. The van der Waals surface area contributed by atoms with Gasteiger partial charge in [0.1, 0.15) is 5.82 Å². The van der Waals surface area contributed by atoms with E-state index in [1.165, 1.54) is 31.0 Å². The Labute approximate surface area is 166 Å². The number of rotatable bonds is 6. The first-order valence-corrected chi connectivity index (χ1v) is 10.4. The third kappa shape index (κ3) is 5.21. The van der Waals surface area contributed by atoms with Gasteiger partial charge in [-0.3, -0.25) is 4.79 Å². The molecular formula is C21H30ClFN2O2. The van der Waals surface area contributed by atoms with E-state index in [2.05, 4.69) is 24.1 Å². The van der Waals surface area contributed by atoms with Crippen molar-refractivity contribution >= 4 is 17.5 Å². The molecule has 1 heterocycles. The minimum atomic E-state index is -0.600. The van der Waals surface area contributed by atoms with Crippen molar-refractivity contribution in [2.24, 2.45) is 17.8 Å². The molecule has 1 saturated carbocycles. The Bertz CT molecular complexity index is 670. The summed E-state index contributed by atoms with van der Waals surface area (Å²) in [6.07, 6.45) is 3.27. The van der Waals surface area contributed by atoms with Gasteiger partial charge in [0.05, 0.1) is 17.7 Å². The molecule has 27 heavy (non-hydrogen) atoms. The molecule has 0 bridgehead atoms. The van der Waals surface area contributed by atoms with Gasteiger partial charge in [0, 0.05) is 18.1 Å². The monoisotopic (exact) mass is 396 g/mol. The maximum Gasteiger partial charge on any atom is 0.254 e. The molecule has 3 rings (SSSR count). The molecule has 2 aliphatic rings. The number of aliphatic hydroxyl groups is 1. The number of likely N-dealkylation sites (tertiary alicyclic amines) is 1. The first-order chi connectivity index (χ1) is 12.8. The van der Waals surface area contributed by atoms with Crippen LogP contribution in [-0.4, -0.2) is 47.7 Å². The van der Waals surface area contributed by atoms with E-state index in [1.54, 1.807) is 0 Å². The van der Waals surface area contributed by atoms with Gasteiger partial charge in [-0.1, -0.05) is 25.4 Å². The molecule has 4 atom stereocenters. The molecule has 1 amide bonds. The van der Waals surface area contributed by atoms with Crippen molar-refractivity contribution in [1.82, 2.24) is 10.2 Å². The summed E-state index contributed by atoms with van der Waals surface area (Å²) in [6.45, 7) is 7.65. The van der Waals surface area contributed by atoms with Gasteiger partial charge < -0.3 is 15.3 Å². The number of aliphatic hydroxyl groups excluding tert-OH is 1. The average molecular weight is 397 g/mol. The minimum absolute atomic E-state index is 0.0708. The summed E-state index contributed by atoms with van der Waals surface area (Å²) in [4.78, 5) is 15.0. The van der Waals surface area contributed by atoms with Crippen molar-refractivity contribution in [3.05, 3.63) is 34.6 Å². The van der Waals surface area contributed by atoms with Gasteiger partial charge in [-0.25, -0.2) is 4.39 Å². The molecule has 2 fully saturated rings. The second kappa shape index (κ2) is 8.89. The zero-order valence-corrected chi connectivity index (χ0v) is 16.9. The van der Waals surface area contributed by atoms with Gasteiger partial charge in [0.25, 0.3) is 5.91 Å². The number of hydrogen-bond acceptors (Lipinski definition) is 3. The first kappa shape index (κ1) is 20.6. The van der Waals surface area contributed by atoms with E-state index >= 15 is 0 Å². The van der Waals surface area contributed by atoms with Crippen LogP contribution in [-0.2, 0) is 0 Å². The molecule has 1 saturated heterocycles. The molecule has 2 N–H and O–H groups in total. The van der Waals surface area contributed by atoms with Crippen molar-refractivity contribution in [1.29, 1.82) is 0 Å². The Hall–Kier alpha value is -1.17. The number of benzene rings is 1. The number of nitrogens with one attached hydrogen (secondary N) is 1. The Balaban J connectivity index is 1.56. The normalized spacial score (nSPS) is 28.4. The van der Waals surface area contributed by atoms with Crippen molar-refractivity contribution in [2.45, 2.75) is 51.7 Å². The second-order valence-corrected chi connectivity index (χ2v) is 9.00. The van der Waals surface area contributed by atoms with Crippen LogP contribution < -0.4 is 5.32 Å². The lowest BCUT2D eigenvalue weighted by atomic mass is 9.77. The van der Waals surface area contributed by atoms with Gasteiger partial charge in [-0.2, -0.15) is 0 Å². The largest absolute Gasteiger partial charge is 0.391 e. The van der Waals surface area contributed by atoms with Gasteiger partial charge in [0.2, 0.25) is 0 Å². The van der Waals surface area contributed by atoms with Crippen molar-refractivity contribution in [3.8, 4) is 0 Å². The van der Waals surface area contributed by atoms with Gasteiger partial charge in [-0.05, 0) is 68.2 Å². The van der Waals surface area contributed by atoms with Crippen molar-refractivity contribution < 1.29 is 14.3 Å². The SMILES string of the molecule is CC(C)CCCN1C[C@H]2C[C@H](O)[C@@H](NC(=O)c3cc(Cl)ccc3F)C[C@H]2C1. The minimum Gasteiger partial charge on any atom is -0.391 e. The third-order valence-corrected chi connectivity index (χ3v) is 6.20. The molecule has 4 nitrogen and oxygen atoms in total. The van der Waals surface area contributed by atoms with Gasteiger partial charge in [0.15, 0.2) is 0 Å². The Morgan fingerprint density at radius 2 is 2.04 bits per heavy atom. The van der Waals surface area contributed by atoms with Gasteiger partial charge >= 0.3 is 0 Å². The molecule has 0 unspecified atom stereocenters. The van der Waals surface area contributed by atoms with Crippen LogP contribution in [0.1, 0.15) is 49.9 Å². The highest BCUT2D eigenvalue weighted by atomic mass is 35.5. The topological polar surface area (TPSA) is 52.6 Å². The van der Waals surface area contributed by atoms with E-state index in [4.69, 9.17) is 11.6 Å². The second-order valence-electron chi connectivity index (χ2n) is 8.56. The van der Waals surface area contributed by atoms with Crippen molar-refractivity contribution in [2.75, 3.05) is 19.6 Å². The highest BCUT2D eigenvalue weighted by Crippen LogP contribution is 2.36. The predicted octanol–water partition coefficient (Wildman–Crippen LogP) is 3.72. The van der Waals surface area contributed by atoms with Crippen LogP contribution in [0.25, 0.3) is 0 Å². The standard InChI is InChI=1S/C21H30ClFN2O2/c1-13(2)4-3-7-25-11-14-8-19(20(26)9-15(14)12-25)24-21(27)17-10-16(22)5-6-18(17)23/h5-6,10,13-15,19-20,26H,3-4,7-9,11-12H2,1-2H3,(H,24,27)/t14-,15+,19-,20-/m0/s1. The van der Waals surface area contributed by atoms with E-state index in [0.717, 1.165) is 32.0 Å². The summed E-state index contributed by atoms with van der Waals surface area (Å²) in [5.74, 6) is 0.571. The fourth-order valence-corrected chi connectivity index (χ4v) is 4.68. The number of carbonyl (C=O) groups excluding carboxylic acids is 1. The summed E-state index contributed by atoms with van der Waals surface area (Å²) in [5, 5.41) is 13.7. The quantitative estimate of drug-likeness (QED) is 0.770. The van der Waals surface area contributed by atoms with Crippen LogP contribution >= 0.6 is 11.6 Å². The Morgan fingerprint density at radius 1 is 1.33 bits per heavy atom. The first-order valence-electron chi connectivity index (χ1n) is 9.99. The van der Waals surface area contributed by atoms with Crippen LogP contribution in [0.4, 0.5) is 4.39 Å². The summed E-state index contributed by atoms with van der Waals surface area (Å²) in [6, 6.07) is 3.60. The smallest absolute Gasteiger partial charge is 0.254 e. The Morgan fingerprint density at radius 3 is 2.74 bits per heavy atom. The van der Waals surface area contributed by atoms with E-state index < -0.39 is 17.8 Å². The number of amides is 1. The maximum absolute atomic E-state index is 13.9. The average Bonchev–Trinajstić information content (AvgIpc) is 2.98. The molecule has 0 spiro atoms. The number of fused-ring (bicyclic) bond motifs is 1. The molecule has 150 valence electrons. The molecule has 6 heteroatoms. The molecule has 0 aromatic heterocycles. The summed E-state index contributed by atoms with van der Waals surface area (Å²) < 4.78 is 13.9. The number of halogens is 2. The highest BCUT2D eigenvalue weighted by Gasteiger charge is 2.42.